The number of carbonyl (C=O) groups is 2. The lowest BCUT2D eigenvalue weighted by atomic mass is 9.74. The van der Waals surface area contributed by atoms with E-state index in [2.05, 4.69) is 9.97 Å². The Kier molecular flexibility index (Phi) is 5.22. The van der Waals surface area contributed by atoms with Crippen molar-refractivity contribution in [3.05, 3.63) is 84.7 Å². The molecule has 2 aliphatic rings. The second-order valence-corrected chi connectivity index (χ2v) is 9.33. The first-order valence-electron chi connectivity index (χ1n) is 11.6. The van der Waals surface area contributed by atoms with E-state index >= 15 is 0 Å². The molecule has 0 atom stereocenters. The molecule has 1 fully saturated rings. The van der Waals surface area contributed by atoms with E-state index in [-0.39, 0.29) is 25.5 Å². The molecule has 2 amide bonds. The molecule has 6 rings (SSSR count). The van der Waals surface area contributed by atoms with Gasteiger partial charge in [-0.25, -0.2) is 9.97 Å². The molecule has 0 N–H and O–H groups in total. The van der Waals surface area contributed by atoms with E-state index in [0.717, 1.165) is 26.8 Å². The number of rotatable bonds is 4. The maximum absolute atomic E-state index is 13.8. The average molecular weight is 503 g/mol. The highest BCUT2D eigenvalue weighted by molar-refractivity contribution is 6.10. The minimum atomic E-state index is -4.59. The van der Waals surface area contributed by atoms with Gasteiger partial charge in [-0.15, -0.1) is 0 Å². The summed E-state index contributed by atoms with van der Waals surface area (Å²) in [4.78, 5) is 41.7. The lowest BCUT2D eigenvalue weighted by Gasteiger charge is -2.47. The van der Waals surface area contributed by atoms with E-state index in [4.69, 9.17) is 4.98 Å². The first-order valence-corrected chi connectivity index (χ1v) is 11.6. The SMILES string of the molecule is O=C(CC(F)(F)F)N1CC2(C1)C(=O)N(Cc1ncc3ccccc3c1-c1cncnc1)c1ccccc12. The van der Waals surface area contributed by atoms with Gasteiger partial charge in [-0.1, -0.05) is 42.5 Å². The van der Waals surface area contributed by atoms with Crippen LogP contribution in [0, 0.1) is 0 Å². The van der Waals surface area contributed by atoms with Crippen LogP contribution < -0.4 is 4.90 Å². The molecule has 0 aliphatic carbocycles. The van der Waals surface area contributed by atoms with Crippen molar-refractivity contribution >= 4 is 28.3 Å². The van der Waals surface area contributed by atoms with Crippen molar-refractivity contribution in [3.63, 3.8) is 0 Å². The van der Waals surface area contributed by atoms with Crippen LogP contribution in [0.3, 0.4) is 0 Å². The summed E-state index contributed by atoms with van der Waals surface area (Å²) in [6.45, 7) is -0.0270. The van der Waals surface area contributed by atoms with E-state index in [1.54, 1.807) is 35.6 Å². The fraction of sp³-hybridized carbons (Fsp3) is 0.222. The number of likely N-dealkylation sites (tertiary alicyclic amines) is 1. The number of hydrogen-bond donors (Lipinski definition) is 0. The Hall–Kier alpha value is -4.34. The van der Waals surface area contributed by atoms with Gasteiger partial charge in [0.25, 0.3) is 0 Å². The van der Waals surface area contributed by atoms with Crippen molar-refractivity contribution in [2.24, 2.45) is 0 Å². The Labute approximate surface area is 209 Å². The molecule has 1 saturated heterocycles. The number of aromatic nitrogens is 3. The van der Waals surface area contributed by atoms with Crippen molar-refractivity contribution in [1.29, 1.82) is 0 Å². The summed E-state index contributed by atoms with van der Waals surface area (Å²) in [5.41, 5.74) is 2.51. The number of pyridine rings is 1. The molecule has 0 bridgehead atoms. The van der Waals surface area contributed by atoms with Crippen LogP contribution in [0.1, 0.15) is 17.7 Å². The number of halogens is 3. The molecule has 0 saturated carbocycles. The molecule has 4 heterocycles. The van der Waals surface area contributed by atoms with Crippen LogP contribution >= 0.6 is 0 Å². The van der Waals surface area contributed by atoms with Crippen molar-refractivity contribution < 1.29 is 22.8 Å². The number of amides is 2. The third-order valence-electron chi connectivity index (χ3n) is 7.03. The molecule has 186 valence electrons. The van der Waals surface area contributed by atoms with Gasteiger partial charge in [0.1, 0.15) is 18.2 Å². The lowest BCUT2D eigenvalue weighted by molar-refractivity contribution is -0.167. The summed E-state index contributed by atoms with van der Waals surface area (Å²) in [6.07, 6.45) is 0.443. The van der Waals surface area contributed by atoms with Gasteiger partial charge in [-0.3, -0.25) is 14.6 Å². The van der Waals surface area contributed by atoms with Crippen LogP contribution in [0.15, 0.2) is 73.4 Å². The van der Waals surface area contributed by atoms with E-state index in [9.17, 15) is 22.8 Å². The van der Waals surface area contributed by atoms with Crippen LogP contribution in [0.2, 0.25) is 0 Å². The zero-order valence-electron chi connectivity index (χ0n) is 19.4. The van der Waals surface area contributed by atoms with Gasteiger partial charge in [-0.05, 0) is 17.0 Å². The van der Waals surface area contributed by atoms with E-state index < -0.39 is 23.9 Å². The minimum absolute atomic E-state index is 0.0845. The smallest absolute Gasteiger partial charge is 0.339 e. The first kappa shape index (κ1) is 23.1. The van der Waals surface area contributed by atoms with E-state index in [0.29, 0.717) is 16.9 Å². The molecule has 0 unspecified atom stereocenters. The number of fused-ring (bicyclic) bond motifs is 3. The van der Waals surface area contributed by atoms with Crippen LogP contribution in [0.5, 0.6) is 0 Å². The van der Waals surface area contributed by atoms with Gasteiger partial charge in [-0.2, -0.15) is 13.2 Å². The molecule has 2 aromatic heterocycles. The van der Waals surface area contributed by atoms with Crippen molar-refractivity contribution in [1.82, 2.24) is 19.9 Å². The summed E-state index contributed by atoms with van der Waals surface area (Å²) in [6, 6.07) is 15.0. The highest BCUT2D eigenvalue weighted by Gasteiger charge is 2.59. The first-order chi connectivity index (χ1) is 17.8. The fourth-order valence-electron chi connectivity index (χ4n) is 5.35. The highest BCUT2D eigenvalue weighted by Crippen LogP contribution is 2.48. The minimum Gasteiger partial charge on any atom is -0.339 e. The second-order valence-electron chi connectivity index (χ2n) is 9.33. The van der Waals surface area contributed by atoms with Gasteiger partial charge >= 0.3 is 6.18 Å². The summed E-state index contributed by atoms with van der Waals surface area (Å²) in [5.74, 6) is -1.28. The van der Waals surface area contributed by atoms with Crippen LogP contribution in [0.4, 0.5) is 18.9 Å². The zero-order chi connectivity index (χ0) is 25.8. The average Bonchev–Trinajstić information content (AvgIpc) is 3.10. The third kappa shape index (κ3) is 3.80. The van der Waals surface area contributed by atoms with Crippen LogP contribution in [-0.4, -0.2) is 50.9 Å². The Bertz CT molecular complexity index is 1530. The Morgan fingerprint density at radius 2 is 1.68 bits per heavy atom. The number of hydrogen-bond acceptors (Lipinski definition) is 5. The Morgan fingerprint density at radius 3 is 2.43 bits per heavy atom. The molecule has 10 heteroatoms. The molecular formula is C27H20F3N5O2. The molecule has 4 aromatic rings. The number of alkyl halides is 3. The van der Waals surface area contributed by atoms with E-state index in [1.165, 1.54) is 6.33 Å². The summed E-state index contributed by atoms with van der Waals surface area (Å²) in [7, 11) is 0. The van der Waals surface area contributed by atoms with Crippen LogP contribution in [0.25, 0.3) is 21.9 Å². The highest BCUT2D eigenvalue weighted by atomic mass is 19.4. The second kappa shape index (κ2) is 8.36. The third-order valence-corrected chi connectivity index (χ3v) is 7.03. The fourth-order valence-corrected chi connectivity index (χ4v) is 5.35. The number of anilines is 1. The van der Waals surface area contributed by atoms with Gasteiger partial charge in [0.2, 0.25) is 11.8 Å². The Morgan fingerprint density at radius 1 is 0.973 bits per heavy atom. The van der Waals surface area contributed by atoms with Crippen molar-refractivity contribution in [3.8, 4) is 11.1 Å². The molecule has 37 heavy (non-hydrogen) atoms. The van der Waals surface area contributed by atoms with Gasteiger partial charge in [0.15, 0.2) is 0 Å². The van der Waals surface area contributed by atoms with Crippen molar-refractivity contribution in [2.75, 3.05) is 18.0 Å². The summed E-state index contributed by atoms with van der Waals surface area (Å²) in [5, 5.41) is 1.86. The quantitative estimate of drug-likeness (QED) is 0.416. The molecular weight excluding hydrogens is 483 g/mol. The maximum atomic E-state index is 13.8. The van der Waals surface area contributed by atoms with Gasteiger partial charge in [0, 0.05) is 53.9 Å². The predicted octanol–water partition coefficient (Wildman–Crippen LogP) is 4.27. The standard InChI is InChI=1S/C27H20F3N5O2/c28-27(29,30)9-23(36)34-14-26(15-34)20-7-3-4-8-22(20)35(25(26)37)13-21-24(18-10-31-16-32-11-18)19-6-2-1-5-17(19)12-33-21/h1-8,10-12,16H,9,13-15H2. The molecule has 7 nitrogen and oxygen atoms in total. The normalized spacial score (nSPS) is 16.2. The monoisotopic (exact) mass is 503 g/mol. The number of nitrogens with zero attached hydrogens (tertiary/aromatic N) is 5. The number of para-hydroxylation sites is 1. The molecule has 1 spiro atoms. The predicted molar refractivity (Wildman–Crippen MR) is 129 cm³/mol. The van der Waals surface area contributed by atoms with E-state index in [1.807, 2.05) is 36.4 Å². The topological polar surface area (TPSA) is 79.3 Å². The van der Waals surface area contributed by atoms with Crippen LogP contribution in [-0.2, 0) is 21.5 Å². The molecule has 0 radical (unpaired) electrons. The summed E-state index contributed by atoms with van der Waals surface area (Å²) >= 11 is 0. The van der Waals surface area contributed by atoms with Crippen molar-refractivity contribution in [2.45, 2.75) is 24.6 Å². The number of benzene rings is 2. The Balaban J connectivity index is 1.37. The zero-order valence-corrected chi connectivity index (χ0v) is 19.4. The molecule has 2 aromatic carbocycles. The largest absolute Gasteiger partial charge is 0.397 e. The van der Waals surface area contributed by atoms with Gasteiger partial charge < -0.3 is 9.80 Å². The summed E-state index contributed by atoms with van der Waals surface area (Å²) < 4.78 is 38.3. The van der Waals surface area contributed by atoms with Gasteiger partial charge in [0.05, 0.1) is 12.2 Å². The maximum Gasteiger partial charge on any atom is 0.397 e. The lowest BCUT2D eigenvalue weighted by Crippen LogP contribution is -2.65. The number of carbonyl (C=O) groups excluding carboxylic acids is 2. The molecule has 2 aliphatic heterocycles.